The van der Waals surface area contributed by atoms with Gasteiger partial charge < -0.3 is 0 Å². The zero-order valence-corrected chi connectivity index (χ0v) is 15.6. The average Bonchev–Trinajstić information content (AvgIpc) is 2.76. The van der Waals surface area contributed by atoms with Crippen molar-refractivity contribution in [2.24, 2.45) is 0 Å². The van der Waals surface area contributed by atoms with Gasteiger partial charge in [0.1, 0.15) is 0 Å². The maximum absolute atomic E-state index is 12.7. The second-order valence-electron chi connectivity index (χ2n) is 5.35. The van der Waals surface area contributed by atoms with E-state index in [1.54, 1.807) is 4.68 Å². The Balaban J connectivity index is 2.25. The lowest BCUT2D eigenvalue weighted by atomic mass is 10.2. The van der Waals surface area contributed by atoms with Crippen LogP contribution >= 0.6 is 39.1 Å². The molecule has 3 nitrogen and oxygen atoms in total. The number of nitrogens with zero attached hydrogens (tertiary/aromatic N) is 2. The van der Waals surface area contributed by atoms with Crippen LogP contribution in [0.15, 0.2) is 45.7 Å². The van der Waals surface area contributed by atoms with Crippen molar-refractivity contribution in [3.8, 4) is 0 Å². The molecule has 0 unspecified atom stereocenters. The predicted molar refractivity (Wildman–Crippen MR) is 99.8 cm³/mol. The maximum Gasteiger partial charge on any atom is 0.274 e. The second kappa shape index (κ2) is 6.71. The quantitative estimate of drug-likeness (QED) is 0.567. The summed E-state index contributed by atoms with van der Waals surface area (Å²) in [6, 6.07) is 11.1. The first-order valence-electron chi connectivity index (χ1n) is 7.34. The lowest BCUT2D eigenvalue weighted by molar-refractivity contribution is 0.475. The summed E-state index contributed by atoms with van der Waals surface area (Å²) in [5, 5.41) is 1.90. The standard InChI is InChI=1S/C17H15BrCl2N2O/c1-2-8-21-17(23)12-7-6-11(18)9-16(12)22(21)10-13-14(19)4-3-5-15(13)20/h3-7,9H,2,8,10H2,1H3. The number of hydrogen-bond acceptors (Lipinski definition) is 1. The zero-order chi connectivity index (χ0) is 16.6. The van der Waals surface area contributed by atoms with E-state index in [-0.39, 0.29) is 5.56 Å². The third-order valence-corrected chi connectivity index (χ3v) is 5.00. The molecule has 1 heterocycles. The Hall–Kier alpha value is -1.23. The first kappa shape index (κ1) is 16.6. The van der Waals surface area contributed by atoms with Crippen molar-refractivity contribution in [2.75, 3.05) is 0 Å². The summed E-state index contributed by atoms with van der Waals surface area (Å²) < 4.78 is 4.65. The Morgan fingerprint density at radius 2 is 1.78 bits per heavy atom. The highest BCUT2D eigenvalue weighted by Gasteiger charge is 2.15. The summed E-state index contributed by atoms with van der Waals surface area (Å²) in [4.78, 5) is 12.7. The molecule has 0 spiro atoms. The summed E-state index contributed by atoms with van der Waals surface area (Å²) in [5.41, 5.74) is 1.70. The molecule has 0 bridgehead atoms. The second-order valence-corrected chi connectivity index (χ2v) is 7.08. The smallest absolute Gasteiger partial charge is 0.274 e. The molecule has 0 aliphatic carbocycles. The highest BCUT2D eigenvalue weighted by Crippen LogP contribution is 2.27. The van der Waals surface area contributed by atoms with Crippen LogP contribution < -0.4 is 5.56 Å². The van der Waals surface area contributed by atoms with E-state index >= 15 is 0 Å². The SMILES string of the molecule is CCCn1c(=O)c2ccc(Br)cc2n1Cc1c(Cl)cccc1Cl. The van der Waals surface area contributed by atoms with Gasteiger partial charge in [0.15, 0.2) is 0 Å². The molecule has 0 aliphatic rings. The summed E-state index contributed by atoms with van der Waals surface area (Å²) >= 11 is 16.1. The maximum atomic E-state index is 12.7. The summed E-state index contributed by atoms with van der Waals surface area (Å²) in [6.07, 6.45) is 0.869. The molecule has 1 aromatic heterocycles. The van der Waals surface area contributed by atoms with Gasteiger partial charge in [-0.05, 0) is 36.8 Å². The monoisotopic (exact) mass is 412 g/mol. The van der Waals surface area contributed by atoms with Crippen LogP contribution in [-0.4, -0.2) is 9.36 Å². The van der Waals surface area contributed by atoms with Gasteiger partial charge in [-0.25, -0.2) is 4.68 Å². The molecule has 0 amide bonds. The van der Waals surface area contributed by atoms with Crippen molar-refractivity contribution in [1.29, 1.82) is 0 Å². The van der Waals surface area contributed by atoms with E-state index in [1.165, 1.54) is 0 Å². The van der Waals surface area contributed by atoms with Crippen molar-refractivity contribution < 1.29 is 0 Å². The fourth-order valence-corrected chi connectivity index (χ4v) is 3.58. The highest BCUT2D eigenvalue weighted by molar-refractivity contribution is 9.10. The van der Waals surface area contributed by atoms with Crippen LogP contribution in [0.2, 0.25) is 10.0 Å². The molecule has 0 atom stereocenters. The minimum absolute atomic E-state index is 0.0116. The lowest BCUT2D eigenvalue weighted by Crippen LogP contribution is -2.23. The molecular weight excluding hydrogens is 399 g/mol. The number of halogens is 3. The molecule has 120 valence electrons. The van der Waals surface area contributed by atoms with Crippen LogP contribution in [-0.2, 0) is 13.1 Å². The van der Waals surface area contributed by atoms with Crippen molar-refractivity contribution in [1.82, 2.24) is 9.36 Å². The topological polar surface area (TPSA) is 26.9 Å². The summed E-state index contributed by atoms with van der Waals surface area (Å²) in [6.45, 7) is 3.15. The van der Waals surface area contributed by atoms with Crippen LogP contribution in [0, 0.1) is 0 Å². The predicted octanol–water partition coefficient (Wildman–Crippen LogP) is 5.33. The lowest BCUT2D eigenvalue weighted by Gasteiger charge is -2.14. The van der Waals surface area contributed by atoms with Gasteiger partial charge >= 0.3 is 0 Å². The molecular formula is C17H15BrCl2N2O. The normalized spacial score (nSPS) is 11.3. The average molecular weight is 414 g/mol. The van der Waals surface area contributed by atoms with Gasteiger partial charge in [0, 0.05) is 26.6 Å². The molecule has 3 aromatic rings. The summed E-state index contributed by atoms with van der Waals surface area (Å²) in [7, 11) is 0. The largest absolute Gasteiger partial charge is 0.277 e. The number of rotatable bonds is 4. The molecule has 0 aliphatic heterocycles. The van der Waals surface area contributed by atoms with Crippen molar-refractivity contribution in [3.63, 3.8) is 0 Å². The molecule has 3 rings (SSSR count). The molecule has 6 heteroatoms. The van der Waals surface area contributed by atoms with Gasteiger partial charge in [0.25, 0.3) is 5.56 Å². The Kier molecular flexibility index (Phi) is 4.85. The van der Waals surface area contributed by atoms with E-state index in [9.17, 15) is 4.79 Å². The highest BCUT2D eigenvalue weighted by atomic mass is 79.9. The van der Waals surface area contributed by atoms with Crippen molar-refractivity contribution in [2.45, 2.75) is 26.4 Å². The minimum Gasteiger partial charge on any atom is -0.277 e. The number of benzene rings is 2. The van der Waals surface area contributed by atoms with Gasteiger partial charge in [-0.1, -0.05) is 52.1 Å². The fraction of sp³-hybridized carbons (Fsp3) is 0.235. The fourth-order valence-electron chi connectivity index (χ4n) is 2.72. The van der Waals surface area contributed by atoms with Gasteiger partial charge in [-0.3, -0.25) is 9.48 Å². The number of hydrogen-bond donors (Lipinski definition) is 0. The molecule has 0 saturated heterocycles. The van der Waals surface area contributed by atoms with Crippen LogP contribution in [0.25, 0.3) is 10.9 Å². The molecule has 0 fully saturated rings. The molecule has 0 saturated carbocycles. The van der Waals surface area contributed by atoms with E-state index in [1.807, 2.05) is 48.0 Å². The van der Waals surface area contributed by atoms with Crippen LogP contribution in [0.4, 0.5) is 0 Å². The Morgan fingerprint density at radius 3 is 2.43 bits per heavy atom. The van der Waals surface area contributed by atoms with Crippen LogP contribution in [0.1, 0.15) is 18.9 Å². The van der Waals surface area contributed by atoms with Crippen molar-refractivity contribution in [3.05, 3.63) is 66.8 Å². The Morgan fingerprint density at radius 1 is 1.09 bits per heavy atom. The van der Waals surface area contributed by atoms with E-state index in [0.717, 1.165) is 22.0 Å². The Labute approximate surface area is 152 Å². The number of fused-ring (bicyclic) bond motifs is 1. The van der Waals surface area contributed by atoms with Crippen LogP contribution in [0.3, 0.4) is 0 Å². The first-order valence-corrected chi connectivity index (χ1v) is 8.89. The molecule has 0 N–H and O–H groups in total. The van der Waals surface area contributed by atoms with Crippen molar-refractivity contribution >= 4 is 50.0 Å². The third-order valence-electron chi connectivity index (χ3n) is 3.80. The third kappa shape index (κ3) is 3.08. The molecule has 0 radical (unpaired) electrons. The van der Waals surface area contributed by atoms with E-state index < -0.39 is 0 Å². The molecule has 23 heavy (non-hydrogen) atoms. The zero-order valence-electron chi connectivity index (χ0n) is 12.5. The van der Waals surface area contributed by atoms with E-state index in [0.29, 0.717) is 28.5 Å². The van der Waals surface area contributed by atoms with Gasteiger partial charge in [-0.2, -0.15) is 0 Å². The summed E-state index contributed by atoms with van der Waals surface area (Å²) in [5.74, 6) is 0. The van der Waals surface area contributed by atoms with E-state index in [2.05, 4.69) is 15.9 Å². The first-order chi connectivity index (χ1) is 11.0. The number of aromatic nitrogens is 2. The molecule has 2 aromatic carbocycles. The van der Waals surface area contributed by atoms with Gasteiger partial charge in [0.2, 0.25) is 0 Å². The minimum atomic E-state index is 0.0116. The van der Waals surface area contributed by atoms with Crippen LogP contribution in [0.5, 0.6) is 0 Å². The Bertz CT molecular complexity index is 910. The van der Waals surface area contributed by atoms with Gasteiger partial charge in [-0.15, -0.1) is 0 Å². The van der Waals surface area contributed by atoms with E-state index in [4.69, 9.17) is 23.2 Å². The van der Waals surface area contributed by atoms with Gasteiger partial charge in [0.05, 0.1) is 17.4 Å².